The average molecular weight is 399 g/mol. The Labute approximate surface area is 166 Å². The average Bonchev–Trinajstić information content (AvgIpc) is 3.23. The number of amides is 1. The highest BCUT2D eigenvalue weighted by Gasteiger charge is 2.08. The molecule has 0 fully saturated rings. The first-order valence-electron chi connectivity index (χ1n) is 8.90. The Hall–Kier alpha value is -3.13. The predicted molar refractivity (Wildman–Crippen MR) is 108 cm³/mol. The van der Waals surface area contributed by atoms with Crippen LogP contribution in [-0.4, -0.2) is 35.4 Å². The third kappa shape index (κ3) is 5.43. The molecule has 0 atom stereocenters. The van der Waals surface area contributed by atoms with Gasteiger partial charge in [0, 0.05) is 6.07 Å². The first-order chi connectivity index (χ1) is 13.7. The fourth-order valence-corrected chi connectivity index (χ4v) is 3.16. The van der Waals surface area contributed by atoms with E-state index < -0.39 is 0 Å². The van der Waals surface area contributed by atoms with Gasteiger partial charge < -0.3 is 14.8 Å². The lowest BCUT2D eigenvalue weighted by molar-refractivity contribution is -0.122. The van der Waals surface area contributed by atoms with Crippen molar-refractivity contribution in [2.24, 2.45) is 0 Å². The highest BCUT2D eigenvalue weighted by Crippen LogP contribution is 2.21. The molecule has 2 aromatic heterocycles. The van der Waals surface area contributed by atoms with E-state index in [1.807, 2.05) is 48.7 Å². The molecule has 0 spiro atoms. The molecule has 0 saturated carbocycles. The van der Waals surface area contributed by atoms with Crippen LogP contribution in [0.1, 0.15) is 6.92 Å². The van der Waals surface area contributed by atoms with Gasteiger partial charge in [0.05, 0.1) is 18.0 Å². The van der Waals surface area contributed by atoms with Gasteiger partial charge >= 0.3 is 0 Å². The molecule has 0 saturated heterocycles. The molecular formula is C20H21N3O4S. The smallest absolute Gasteiger partial charge is 0.267 e. The van der Waals surface area contributed by atoms with E-state index in [0.29, 0.717) is 31.2 Å². The Kier molecular flexibility index (Phi) is 6.80. The summed E-state index contributed by atoms with van der Waals surface area (Å²) in [5, 5.41) is 8.93. The summed E-state index contributed by atoms with van der Waals surface area (Å²) in [6, 6.07) is 14.2. The molecule has 0 aliphatic heterocycles. The monoisotopic (exact) mass is 399 g/mol. The maximum Gasteiger partial charge on any atom is 0.267 e. The fraction of sp³-hybridized carbons (Fsp3) is 0.250. The molecule has 8 heteroatoms. The van der Waals surface area contributed by atoms with E-state index in [2.05, 4.69) is 10.4 Å². The van der Waals surface area contributed by atoms with E-state index in [0.717, 1.165) is 15.3 Å². The molecule has 0 bridgehead atoms. The summed E-state index contributed by atoms with van der Waals surface area (Å²) in [6.07, 6.45) is 0. The van der Waals surface area contributed by atoms with Crippen molar-refractivity contribution in [2.45, 2.75) is 13.5 Å². The number of rotatable bonds is 9. The van der Waals surface area contributed by atoms with Crippen molar-refractivity contribution in [3.8, 4) is 22.1 Å². The second-order valence-electron chi connectivity index (χ2n) is 5.79. The topological polar surface area (TPSA) is 82.4 Å². The zero-order valence-electron chi connectivity index (χ0n) is 15.5. The lowest BCUT2D eigenvalue weighted by atomic mass is 10.3. The van der Waals surface area contributed by atoms with E-state index in [1.54, 1.807) is 6.07 Å². The van der Waals surface area contributed by atoms with Crippen LogP contribution in [0.4, 0.5) is 0 Å². The van der Waals surface area contributed by atoms with Gasteiger partial charge in [0.25, 0.3) is 5.56 Å². The fourth-order valence-electron chi connectivity index (χ4n) is 2.47. The highest BCUT2D eigenvalue weighted by atomic mass is 32.1. The van der Waals surface area contributed by atoms with Crippen molar-refractivity contribution in [3.63, 3.8) is 0 Å². The van der Waals surface area contributed by atoms with Crippen LogP contribution in [0, 0.1) is 0 Å². The zero-order chi connectivity index (χ0) is 19.8. The summed E-state index contributed by atoms with van der Waals surface area (Å²) in [6.45, 7) is 3.04. The van der Waals surface area contributed by atoms with Gasteiger partial charge in [0.15, 0.2) is 0 Å². The van der Waals surface area contributed by atoms with Gasteiger partial charge in [-0.15, -0.1) is 11.3 Å². The summed E-state index contributed by atoms with van der Waals surface area (Å²) in [4.78, 5) is 25.0. The highest BCUT2D eigenvalue weighted by molar-refractivity contribution is 7.13. The summed E-state index contributed by atoms with van der Waals surface area (Å²) >= 11 is 1.52. The minimum Gasteiger partial charge on any atom is -0.494 e. The number of ether oxygens (including phenoxy) is 2. The van der Waals surface area contributed by atoms with Crippen molar-refractivity contribution in [2.75, 3.05) is 19.8 Å². The van der Waals surface area contributed by atoms with E-state index >= 15 is 0 Å². The minimum atomic E-state index is -0.318. The molecule has 1 amide bonds. The van der Waals surface area contributed by atoms with Gasteiger partial charge in [-0.3, -0.25) is 9.59 Å². The normalized spacial score (nSPS) is 10.5. The lowest BCUT2D eigenvalue weighted by Gasteiger charge is -2.09. The quantitative estimate of drug-likeness (QED) is 0.559. The van der Waals surface area contributed by atoms with E-state index in [1.165, 1.54) is 17.4 Å². The van der Waals surface area contributed by atoms with Gasteiger partial charge in [-0.05, 0) is 48.7 Å². The Bertz CT molecular complexity index is 952. The molecule has 3 rings (SSSR count). The molecule has 0 radical (unpaired) electrons. The number of benzene rings is 1. The molecule has 3 aromatic rings. The van der Waals surface area contributed by atoms with Crippen LogP contribution in [0.2, 0.25) is 0 Å². The molecule has 0 aliphatic rings. The van der Waals surface area contributed by atoms with E-state index in [4.69, 9.17) is 9.47 Å². The second-order valence-corrected chi connectivity index (χ2v) is 6.74. The number of hydrogen-bond donors (Lipinski definition) is 1. The summed E-state index contributed by atoms with van der Waals surface area (Å²) in [7, 11) is 0. The van der Waals surface area contributed by atoms with Crippen molar-refractivity contribution >= 4 is 17.2 Å². The molecule has 2 heterocycles. The number of carbonyl (C=O) groups is 1. The summed E-state index contributed by atoms with van der Waals surface area (Å²) in [5.41, 5.74) is 0.349. The van der Waals surface area contributed by atoms with Gasteiger partial charge in [0.1, 0.15) is 30.3 Å². The second kappa shape index (κ2) is 9.70. The number of thiophene rings is 1. The molecule has 146 valence electrons. The van der Waals surface area contributed by atoms with Crippen LogP contribution >= 0.6 is 11.3 Å². The predicted octanol–water partition coefficient (Wildman–Crippen LogP) is 2.57. The van der Waals surface area contributed by atoms with Gasteiger partial charge in [0.2, 0.25) is 5.91 Å². The SMILES string of the molecule is CCOc1ccc(OCCNC(=O)Cn2nc(-c3cccs3)ccc2=O)cc1. The maximum atomic E-state index is 12.1. The Morgan fingerprint density at radius 3 is 2.54 bits per heavy atom. The maximum absolute atomic E-state index is 12.1. The number of hydrogen-bond acceptors (Lipinski definition) is 6. The third-order valence-electron chi connectivity index (χ3n) is 3.76. The van der Waals surface area contributed by atoms with Crippen LogP contribution in [-0.2, 0) is 11.3 Å². The Morgan fingerprint density at radius 1 is 1.11 bits per heavy atom. The molecular weight excluding hydrogens is 378 g/mol. The summed E-state index contributed by atoms with van der Waals surface area (Å²) < 4.78 is 12.1. The largest absolute Gasteiger partial charge is 0.494 e. The molecule has 7 nitrogen and oxygen atoms in total. The zero-order valence-corrected chi connectivity index (χ0v) is 16.3. The van der Waals surface area contributed by atoms with Crippen molar-refractivity contribution in [1.29, 1.82) is 0 Å². The van der Waals surface area contributed by atoms with Crippen LogP contribution < -0.4 is 20.3 Å². The molecule has 1 aromatic carbocycles. The number of aromatic nitrogens is 2. The molecule has 28 heavy (non-hydrogen) atoms. The van der Waals surface area contributed by atoms with Crippen LogP contribution in [0.15, 0.2) is 58.7 Å². The molecule has 0 unspecified atom stereocenters. The van der Waals surface area contributed by atoms with Crippen molar-refractivity contribution in [1.82, 2.24) is 15.1 Å². The Balaban J connectivity index is 1.47. The number of nitrogens with one attached hydrogen (secondary N) is 1. The molecule has 0 aliphatic carbocycles. The van der Waals surface area contributed by atoms with Crippen molar-refractivity contribution < 1.29 is 14.3 Å². The third-order valence-corrected chi connectivity index (χ3v) is 4.65. The summed E-state index contributed by atoms with van der Waals surface area (Å²) in [5.74, 6) is 1.18. The first kappa shape index (κ1) is 19.6. The Morgan fingerprint density at radius 2 is 1.86 bits per heavy atom. The first-order valence-corrected chi connectivity index (χ1v) is 9.78. The lowest BCUT2D eigenvalue weighted by Crippen LogP contribution is -2.35. The van der Waals surface area contributed by atoms with Crippen molar-refractivity contribution in [3.05, 3.63) is 64.3 Å². The van der Waals surface area contributed by atoms with Gasteiger partial charge in [-0.1, -0.05) is 6.07 Å². The van der Waals surface area contributed by atoms with E-state index in [-0.39, 0.29) is 18.0 Å². The number of carbonyl (C=O) groups excluding carboxylic acids is 1. The van der Waals surface area contributed by atoms with Gasteiger partial charge in [-0.25, -0.2) is 4.68 Å². The van der Waals surface area contributed by atoms with Gasteiger partial charge in [-0.2, -0.15) is 5.10 Å². The standard InChI is InChI=1S/C20H21N3O4S/c1-2-26-15-5-7-16(8-6-15)27-12-11-21-19(24)14-23-20(25)10-9-17(22-23)18-4-3-13-28-18/h3-10,13H,2,11-12,14H2,1H3,(H,21,24). The van der Waals surface area contributed by atoms with Crippen LogP contribution in [0.5, 0.6) is 11.5 Å². The van der Waals surface area contributed by atoms with Crippen LogP contribution in [0.25, 0.3) is 10.6 Å². The van der Waals surface area contributed by atoms with E-state index in [9.17, 15) is 9.59 Å². The van der Waals surface area contributed by atoms with Crippen LogP contribution in [0.3, 0.4) is 0 Å². The number of nitrogens with zero attached hydrogens (tertiary/aromatic N) is 2. The minimum absolute atomic E-state index is 0.138. The molecule has 1 N–H and O–H groups in total.